The summed E-state index contributed by atoms with van der Waals surface area (Å²) in [4.78, 5) is 14.7. The Bertz CT molecular complexity index is 579. The molecule has 1 aromatic heterocycles. The van der Waals surface area contributed by atoms with Gasteiger partial charge < -0.3 is 4.74 Å². The number of rotatable bonds is 3. The van der Waals surface area contributed by atoms with Gasteiger partial charge in [-0.15, -0.1) is 13.2 Å². The second kappa shape index (κ2) is 5.09. The SMILES string of the molecule is O=Cc1ncccc1-c1ccc(OC(F)(F)F)cc1. The molecule has 6 heteroatoms. The van der Waals surface area contributed by atoms with Crippen LogP contribution in [-0.2, 0) is 0 Å². The molecule has 0 radical (unpaired) electrons. The molecule has 2 rings (SSSR count). The Hall–Kier alpha value is -2.37. The number of hydrogen-bond acceptors (Lipinski definition) is 3. The zero-order chi connectivity index (χ0) is 13.9. The second-order valence-corrected chi connectivity index (χ2v) is 3.63. The molecule has 0 amide bonds. The lowest BCUT2D eigenvalue weighted by Gasteiger charge is -2.09. The van der Waals surface area contributed by atoms with E-state index in [2.05, 4.69) is 9.72 Å². The molecule has 3 nitrogen and oxygen atoms in total. The van der Waals surface area contributed by atoms with Crippen molar-refractivity contribution in [3.63, 3.8) is 0 Å². The van der Waals surface area contributed by atoms with Crippen molar-refractivity contribution in [2.24, 2.45) is 0 Å². The van der Waals surface area contributed by atoms with Crippen LogP contribution in [0.25, 0.3) is 11.1 Å². The van der Waals surface area contributed by atoms with Gasteiger partial charge in [0.1, 0.15) is 11.4 Å². The molecule has 0 saturated carbocycles. The third kappa shape index (κ3) is 3.31. The van der Waals surface area contributed by atoms with Crippen molar-refractivity contribution in [1.29, 1.82) is 0 Å². The molecule has 19 heavy (non-hydrogen) atoms. The zero-order valence-corrected chi connectivity index (χ0v) is 9.52. The second-order valence-electron chi connectivity index (χ2n) is 3.63. The van der Waals surface area contributed by atoms with E-state index in [-0.39, 0.29) is 11.4 Å². The summed E-state index contributed by atoms with van der Waals surface area (Å²) in [6, 6.07) is 8.55. The Morgan fingerprint density at radius 3 is 2.37 bits per heavy atom. The fraction of sp³-hybridized carbons (Fsp3) is 0.0769. The molecule has 1 heterocycles. The van der Waals surface area contributed by atoms with Crippen molar-refractivity contribution in [3.8, 4) is 16.9 Å². The third-order valence-electron chi connectivity index (χ3n) is 2.35. The predicted octanol–water partition coefficient (Wildman–Crippen LogP) is 3.46. The molecule has 0 bridgehead atoms. The molecule has 2 aromatic rings. The fourth-order valence-corrected chi connectivity index (χ4v) is 1.59. The van der Waals surface area contributed by atoms with E-state index in [1.54, 1.807) is 12.1 Å². The first-order valence-corrected chi connectivity index (χ1v) is 5.26. The lowest BCUT2D eigenvalue weighted by atomic mass is 10.0. The summed E-state index contributed by atoms with van der Waals surface area (Å²) in [5.74, 6) is -0.312. The minimum absolute atomic E-state index is 0.229. The standard InChI is InChI=1S/C13H8F3NO2/c14-13(15,16)19-10-5-3-9(4-6-10)11-2-1-7-17-12(11)8-18/h1-8H. The minimum Gasteiger partial charge on any atom is -0.406 e. The highest BCUT2D eigenvalue weighted by Crippen LogP contribution is 2.27. The quantitative estimate of drug-likeness (QED) is 0.799. The van der Waals surface area contributed by atoms with Crippen molar-refractivity contribution in [3.05, 3.63) is 48.3 Å². The average molecular weight is 267 g/mol. The van der Waals surface area contributed by atoms with Crippen molar-refractivity contribution in [1.82, 2.24) is 4.98 Å². The Morgan fingerprint density at radius 2 is 1.79 bits per heavy atom. The van der Waals surface area contributed by atoms with Crippen LogP contribution < -0.4 is 4.74 Å². The summed E-state index contributed by atoms with van der Waals surface area (Å²) < 4.78 is 39.8. The highest BCUT2D eigenvalue weighted by Gasteiger charge is 2.30. The maximum atomic E-state index is 12.0. The summed E-state index contributed by atoms with van der Waals surface area (Å²) in [7, 11) is 0. The Kier molecular flexibility index (Phi) is 3.50. The Labute approximate surface area is 106 Å². The van der Waals surface area contributed by atoms with Crippen molar-refractivity contribution < 1.29 is 22.7 Å². The molecule has 0 atom stereocenters. The monoisotopic (exact) mass is 267 g/mol. The summed E-state index contributed by atoms with van der Waals surface area (Å²) >= 11 is 0. The van der Waals surface area contributed by atoms with Gasteiger partial charge in [-0.2, -0.15) is 0 Å². The molecular weight excluding hydrogens is 259 g/mol. The van der Waals surface area contributed by atoms with Gasteiger partial charge in [-0.1, -0.05) is 18.2 Å². The highest BCUT2D eigenvalue weighted by atomic mass is 19.4. The number of carbonyl (C=O) groups excluding carboxylic acids is 1. The lowest BCUT2D eigenvalue weighted by molar-refractivity contribution is -0.274. The van der Waals surface area contributed by atoms with Gasteiger partial charge in [0, 0.05) is 11.8 Å². The van der Waals surface area contributed by atoms with Gasteiger partial charge in [0.25, 0.3) is 0 Å². The van der Waals surface area contributed by atoms with Crippen molar-refractivity contribution >= 4 is 6.29 Å². The smallest absolute Gasteiger partial charge is 0.406 e. The normalized spacial score (nSPS) is 11.1. The summed E-state index contributed by atoms with van der Waals surface area (Å²) in [6.45, 7) is 0. The first-order valence-electron chi connectivity index (χ1n) is 5.26. The number of carbonyl (C=O) groups is 1. The Morgan fingerprint density at radius 1 is 1.11 bits per heavy atom. The molecule has 98 valence electrons. The molecule has 0 N–H and O–H groups in total. The van der Waals surface area contributed by atoms with Crippen molar-refractivity contribution in [2.45, 2.75) is 6.36 Å². The molecule has 0 spiro atoms. The van der Waals surface area contributed by atoms with E-state index in [1.807, 2.05) is 0 Å². The zero-order valence-electron chi connectivity index (χ0n) is 9.52. The molecule has 0 aliphatic heterocycles. The van der Waals surface area contributed by atoms with Crippen LogP contribution in [0.5, 0.6) is 5.75 Å². The summed E-state index contributed by atoms with van der Waals surface area (Å²) in [6.07, 6.45) is -2.66. The van der Waals surface area contributed by atoms with E-state index >= 15 is 0 Å². The number of nitrogens with zero attached hydrogens (tertiary/aromatic N) is 1. The van der Waals surface area contributed by atoms with Crippen LogP contribution in [-0.4, -0.2) is 17.6 Å². The number of pyridine rings is 1. The van der Waals surface area contributed by atoms with E-state index in [4.69, 9.17) is 0 Å². The molecular formula is C13H8F3NO2. The molecule has 0 fully saturated rings. The molecule has 0 unspecified atom stereocenters. The van der Waals surface area contributed by atoms with Crippen LogP contribution in [0.15, 0.2) is 42.6 Å². The van der Waals surface area contributed by atoms with E-state index < -0.39 is 6.36 Å². The molecule has 0 aliphatic carbocycles. The predicted molar refractivity (Wildman–Crippen MR) is 61.7 cm³/mol. The summed E-state index contributed by atoms with van der Waals surface area (Å²) in [5, 5.41) is 0. The number of hydrogen-bond donors (Lipinski definition) is 0. The van der Waals surface area contributed by atoms with Crippen LogP contribution in [0.1, 0.15) is 10.5 Å². The largest absolute Gasteiger partial charge is 0.573 e. The topological polar surface area (TPSA) is 39.2 Å². The fourth-order valence-electron chi connectivity index (χ4n) is 1.59. The van der Waals surface area contributed by atoms with Gasteiger partial charge in [-0.25, -0.2) is 0 Å². The Balaban J connectivity index is 2.30. The lowest BCUT2D eigenvalue weighted by Crippen LogP contribution is -2.16. The number of alkyl halides is 3. The number of aldehydes is 1. The maximum absolute atomic E-state index is 12.0. The van der Waals surface area contributed by atoms with Crippen LogP contribution in [0.3, 0.4) is 0 Å². The molecule has 1 aromatic carbocycles. The van der Waals surface area contributed by atoms with Gasteiger partial charge in [0.05, 0.1) is 0 Å². The maximum Gasteiger partial charge on any atom is 0.573 e. The number of halogens is 3. The first kappa shape index (κ1) is 13.1. The van der Waals surface area contributed by atoms with Crippen LogP contribution >= 0.6 is 0 Å². The van der Waals surface area contributed by atoms with Crippen LogP contribution in [0, 0.1) is 0 Å². The first-order chi connectivity index (χ1) is 8.99. The van der Waals surface area contributed by atoms with Gasteiger partial charge in [-0.3, -0.25) is 9.78 Å². The number of benzene rings is 1. The highest BCUT2D eigenvalue weighted by molar-refractivity contribution is 5.85. The van der Waals surface area contributed by atoms with Crippen LogP contribution in [0.2, 0.25) is 0 Å². The van der Waals surface area contributed by atoms with E-state index in [0.29, 0.717) is 17.4 Å². The van der Waals surface area contributed by atoms with Gasteiger partial charge in [-0.05, 0) is 23.8 Å². The average Bonchev–Trinajstić information content (AvgIpc) is 2.38. The van der Waals surface area contributed by atoms with Gasteiger partial charge in [0.15, 0.2) is 6.29 Å². The van der Waals surface area contributed by atoms with E-state index in [1.165, 1.54) is 30.5 Å². The third-order valence-corrected chi connectivity index (χ3v) is 2.35. The number of aromatic nitrogens is 1. The van der Waals surface area contributed by atoms with Gasteiger partial charge >= 0.3 is 6.36 Å². The minimum atomic E-state index is -4.72. The number of ether oxygens (including phenoxy) is 1. The van der Waals surface area contributed by atoms with Gasteiger partial charge in [0.2, 0.25) is 0 Å². The van der Waals surface area contributed by atoms with Crippen molar-refractivity contribution in [2.75, 3.05) is 0 Å². The molecule has 0 aliphatic rings. The summed E-state index contributed by atoms with van der Waals surface area (Å²) in [5.41, 5.74) is 1.37. The van der Waals surface area contributed by atoms with E-state index in [0.717, 1.165) is 0 Å². The van der Waals surface area contributed by atoms with Crippen LogP contribution in [0.4, 0.5) is 13.2 Å². The van der Waals surface area contributed by atoms with E-state index in [9.17, 15) is 18.0 Å². The molecule has 0 saturated heterocycles.